The molecule has 2 aliphatic heterocycles. The third-order valence-electron chi connectivity index (χ3n) is 14.8. The van der Waals surface area contributed by atoms with Crippen molar-refractivity contribution in [2.75, 3.05) is 33.4 Å². The standard InChI is InChI=1S/C54H59N5O16/c1-6-73-53(70)51-57-56-50(32-18-31(25(2)3)35(61)20-36(32)62)59(51)29-12-10-27(11-13-29)23-58-16-14-28(15-17-58)52(69)55-34-19-40(74-26(4)45(34)64)75-38-22-54(71,39(63)24-60)21-33-42(38)49(68)44-43(47(33)66)46(65)30-8-7-9-37(72-5)41(30)48(44)67/h7-13,18,20,25-26,28,34,38,40,45,60-62,64,66,68,71H,6,14-17,19,21-24H2,1-5H3,(H,55,69)/t26-,34?,38?,40-,45?,54?/m0/s1. The normalized spacial score (nSPS) is 22.8. The second-order valence-electron chi connectivity index (χ2n) is 19.8. The number of piperidine rings is 1. The van der Waals surface area contributed by atoms with Crippen LogP contribution in [0.25, 0.3) is 17.1 Å². The number of nitrogens with one attached hydrogen (secondary N) is 1. The number of nitrogens with zero attached hydrogens (tertiary/aromatic N) is 4. The van der Waals surface area contributed by atoms with E-state index in [2.05, 4.69) is 20.4 Å². The van der Waals surface area contributed by atoms with Crippen molar-refractivity contribution in [2.45, 2.75) is 109 Å². The zero-order chi connectivity index (χ0) is 53.8. The molecule has 0 spiro atoms. The van der Waals surface area contributed by atoms with E-state index in [1.165, 1.54) is 35.9 Å². The van der Waals surface area contributed by atoms with Gasteiger partial charge in [-0.1, -0.05) is 38.1 Å². The number of amides is 1. The van der Waals surface area contributed by atoms with Crippen LogP contribution in [-0.2, 0) is 36.8 Å². The van der Waals surface area contributed by atoms with Gasteiger partial charge >= 0.3 is 5.97 Å². The van der Waals surface area contributed by atoms with Gasteiger partial charge in [-0.3, -0.25) is 28.6 Å². The van der Waals surface area contributed by atoms with Crippen molar-refractivity contribution in [3.63, 3.8) is 0 Å². The molecule has 75 heavy (non-hydrogen) atoms. The van der Waals surface area contributed by atoms with E-state index in [-0.39, 0.29) is 81.6 Å². The van der Waals surface area contributed by atoms with Gasteiger partial charge in [0.15, 0.2) is 23.7 Å². The van der Waals surface area contributed by atoms with Crippen LogP contribution in [0.5, 0.6) is 28.7 Å². The molecule has 21 heteroatoms. The summed E-state index contributed by atoms with van der Waals surface area (Å²) in [6, 6.07) is 13.6. The molecule has 4 aromatic carbocycles. The number of esters is 1. The van der Waals surface area contributed by atoms with E-state index in [1.54, 1.807) is 32.0 Å². The number of aromatic hydroxyl groups is 4. The highest BCUT2D eigenvalue weighted by Crippen LogP contribution is 2.53. The van der Waals surface area contributed by atoms with Gasteiger partial charge < -0.3 is 60.0 Å². The Bertz CT molecular complexity index is 3090. The summed E-state index contributed by atoms with van der Waals surface area (Å²) in [5, 5.41) is 89.3. The molecule has 396 valence electrons. The Kier molecular flexibility index (Phi) is 14.6. The molecule has 0 saturated carbocycles. The summed E-state index contributed by atoms with van der Waals surface area (Å²) >= 11 is 0. The zero-order valence-electron chi connectivity index (χ0n) is 41.9. The van der Waals surface area contributed by atoms with Gasteiger partial charge in [0, 0.05) is 60.2 Å². The topological polar surface area (TPSA) is 310 Å². The van der Waals surface area contributed by atoms with Crippen LogP contribution in [0.2, 0.25) is 0 Å². The van der Waals surface area contributed by atoms with E-state index in [0.717, 1.165) is 5.56 Å². The summed E-state index contributed by atoms with van der Waals surface area (Å²) in [4.78, 5) is 70.3. The van der Waals surface area contributed by atoms with Crippen molar-refractivity contribution >= 4 is 29.2 Å². The molecule has 8 N–H and O–H groups in total. The van der Waals surface area contributed by atoms with Crippen LogP contribution in [0.15, 0.2) is 54.6 Å². The number of phenolic OH excluding ortho intramolecular Hbond substituents is 4. The summed E-state index contributed by atoms with van der Waals surface area (Å²) in [6.45, 7) is 7.68. The number of aromatic nitrogens is 3. The number of benzene rings is 4. The summed E-state index contributed by atoms with van der Waals surface area (Å²) in [6.07, 6.45) is -5.26. The van der Waals surface area contributed by atoms with E-state index in [1.807, 2.05) is 26.0 Å². The molecule has 21 nitrogen and oxygen atoms in total. The first kappa shape index (κ1) is 52.6. The highest BCUT2D eigenvalue weighted by atomic mass is 16.7. The number of fused-ring (bicyclic) bond motifs is 3. The number of rotatable bonds is 14. The van der Waals surface area contributed by atoms with Crippen molar-refractivity contribution in [1.29, 1.82) is 0 Å². The lowest BCUT2D eigenvalue weighted by molar-refractivity contribution is -0.249. The first-order valence-electron chi connectivity index (χ1n) is 24.8. The van der Waals surface area contributed by atoms with Crippen molar-refractivity contribution in [3.05, 3.63) is 105 Å². The lowest BCUT2D eigenvalue weighted by atomic mass is 9.72. The molecule has 0 bridgehead atoms. The number of aliphatic hydroxyl groups excluding tert-OH is 2. The predicted octanol–water partition coefficient (Wildman–Crippen LogP) is 4.03. The Labute approximate surface area is 430 Å². The average Bonchev–Trinajstić information content (AvgIpc) is 3.83. The average molecular weight is 1030 g/mol. The number of ether oxygens (including phenoxy) is 4. The van der Waals surface area contributed by atoms with Gasteiger partial charge in [0.05, 0.1) is 54.2 Å². The minimum atomic E-state index is -2.37. The van der Waals surface area contributed by atoms with Gasteiger partial charge in [-0.2, -0.15) is 0 Å². The highest BCUT2D eigenvalue weighted by Gasteiger charge is 2.50. The van der Waals surface area contributed by atoms with Crippen LogP contribution in [0.4, 0.5) is 0 Å². The molecule has 3 heterocycles. The van der Waals surface area contributed by atoms with Crippen LogP contribution in [0.3, 0.4) is 0 Å². The van der Waals surface area contributed by atoms with Crippen molar-refractivity contribution < 1.29 is 78.7 Å². The van der Waals surface area contributed by atoms with E-state index in [0.29, 0.717) is 43.7 Å². The highest BCUT2D eigenvalue weighted by molar-refractivity contribution is 6.31. The maximum atomic E-state index is 14.1. The molecule has 2 saturated heterocycles. The third-order valence-corrected chi connectivity index (χ3v) is 14.8. The monoisotopic (exact) mass is 1030 g/mol. The minimum absolute atomic E-state index is 0.0539. The molecule has 6 atom stereocenters. The summed E-state index contributed by atoms with van der Waals surface area (Å²) < 4.78 is 24.5. The summed E-state index contributed by atoms with van der Waals surface area (Å²) in [5.41, 5.74) is -1.82. The maximum Gasteiger partial charge on any atom is 0.376 e. The number of carbonyl (C=O) groups is 5. The van der Waals surface area contributed by atoms with Crippen LogP contribution in [0.1, 0.15) is 130 Å². The van der Waals surface area contributed by atoms with E-state index in [4.69, 9.17) is 18.9 Å². The Morgan fingerprint density at radius 2 is 1.63 bits per heavy atom. The number of methoxy groups -OCH3 is 1. The van der Waals surface area contributed by atoms with Crippen LogP contribution >= 0.6 is 0 Å². The zero-order valence-corrected chi connectivity index (χ0v) is 41.9. The Morgan fingerprint density at radius 3 is 2.29 bits per heavy atom. The lowest BCUT2D eigenvalue weighted by Crippen LogP contribution is -2.57. The Hall–Kier alpha value is -7.27. The number of hydrogen-bond donors (Lipinski definition) is 8. The molecule has 9 rings (SSSR count). The fraction of sp³-hybridized carbons (Fsp3) is 0.426. The maximum absolute atomic E-state index is 14.1. The SMILES string of the molecule is CCOC(=O)c1nnc(-c2cc(C(C)C)c(O)cc2O)n1-c1ccc(CN2CCC(C(=O)NC3C[C@H](OC4CC(O)(C(=O)CO)Cc5c(O)c6c(c(O)c54)C(=O)c4c(OC)cccc4C6=O)O[C@@H](C)C3O)CC2)cc1. The summed E-state index contributed by atoms with van der Waals surface area (Å²) in [7, 11) is 1.31. The van der Waals surface area contributed by atoms with Crippen molar-refractivity contribution in [1.82, 2.24) is 25.0 Å². The van der Waals surface area contributed by atoms with Gasteiger partial charge in [0.2, 0.25) is 17.5 Å². The van der Waals surface area contributed by atoms with Crippen molar-refractivity contribution in [3.8, 4) is 45.8 Å². The smallest absolute Gasteiger partial charge is 0.376 e. The van der Waals surface area contributed by atoms with E-state index < -0.39 is 108 Å². The number of ketones is 3. The largest absolute Gasteiger partial charge is 0.508 e. The Morgan fingerprint density at radius 1 is 0.920 bits per heavy atom. The van der Waals surface area contributed by atoms with Crippen molar-refractivity contribution in [2.24, 2.45) is 5.92 Å². The molecule has 2 fully saturated rings. The van der Waals surface area contributed by atoms with Crippen LogP contribution < -0.4 is 10.1 Å². The molecule has 0 radical (unpaired) electrons. The number of Topliss-reactive ketones (excluding diaryl/α,β-unsaturated/α-hetero) is 1. The lowest BCUT2D eigenvalue weighted by Gasteiger charge is -2.43. The van der Waals surface area contributed by atoms with Gasteiger partial charge in [0.1, 0.15) is 47.1 Å². The van der Waals surface area contributed by atoms with Gasteiger partial charge in [-0.05, 0) is 81.1 Å². The minimum Gasteiger partial charge on any atom is -0.508 e. The molecule has 5 aromatic rings. The van der Waals surface area contributed by atoms with Gasteiger partial charge in [0.25, 0.3) is 0 Å². The number of phenols is 4. The van der Waals surface area contributed by atoms with Crippen LogP contribution in [-0.4, -0.2) is 148 Å². The molecule has 2 aliphatic carbocycles. The fourth-order valence-electron chi connectivity index (χ4n) is 10.8. The molecule has 4 aliphatic rings. The van der Waals surface area contributed by atoms with E-state index in [9.17, 15) is 59.7 Å². The number of likely N-dealkylation sites (tertiary alicyclic amines) is 1. The molecule has 1 amide bonds. The van der Waals surface area contributed by atoms with Gasteiger partial charge in [-0.25, -0.2) is 4.79 Å². The second-order valence-corrected chi connectivity index (χ2v) is 19.8. The third kappa shape index (κ3) is 9.59. The molecular weight excluding hydrogens is 975 g/mol. The fourth-order valence-corrected chi connectivity index (χ4v) is 10.8. The number of carbonyl (C=O) groups excluding carboxylic acids is 5. The first-order valence-corrected chi connectivity index (χ1v) is 24.8. The molecule has 1 aromatic heterocycles. The predicted molar refractivity (Wildman–Crippen MR) is 264 cm³/mol. The number of aliphatic hydroxyl groups is 3. The molecular formula is C54H59N5O16. The van der Waals surface area contributed by atoms with E-state index >= 15 is 0 Å². The second kappa shape index (κ2) is 20.8. The summed E-state index contributed by atoms with van der Waals surface area (Å²) in [5.74, 6) is -5.90. The molecule has 4 unspecified atom stereocenters. The first-order chi connectivity index (χ1) is 35.8. The number of hydrogen-bond acceptors (Lipinski definition) is 19. The Balaban J connectivity index is 0.880. The quantitative estimate of drug-likeness (QED) is 0.0564. The van der Waals surface area contributed by atoms with Crippen LogP contribution in [0, 0.1) is 5.92 Å². The van der Waals surface area contributed by atoms with Gasteiger partial charge in [-0.15, -0.1) is 10.2 Å².